The minimum absolute atomic E-state index is 0.156. The summed E-state index contributed by atoms with van der Waals surface area (Å²) in [5.41, 5.74) is 1.73. The molecule has 0 spiro atoms. The largest absolute Gasteiger partial charge is 0.492 e. The van der Waals surface area contributed by atoms with Crippen LogP contribution < -0.4 is 10.1 Å². The van der Waals surface area contributed by atoms with Crippen molar-refractivity contribution in [1.82, 2.24) is 4.90 Å². The van der Waals surface area contributed by atoms with Crippen molar-refractivity contribution < 1.29 is 14.3 Å². The number of ether oxygens (including phenoxy) is 1. The van der Waals surface area contributed by atoms with E-state index in [1.165, 1.54) is 4.90 Å². The van der Waals surface area contributed by atoms with Gasteiger partial charge in [0, 0.05) is 25.2 Å². The number of rotatable bonds is 3. The summed E-state index contributed by atoms with van der Waals surface area (Å²) in [6, 6.07) is 12.3. The molecule has 0 aromatic heterocycles. The molecule has 6 heteroatoms. The van der Waals surface area contributed by atoms with Gasteiger partial charge in [0.05, 0.1) is 10.7 Å². The van der Waals surface area contributed by atoms with E-state index in [0.29, 0.717) is 22.9 Å². The Bertz CT molecular complexity index is 805. The monoisotopic (exact) mass is 344 g/mol. The van der Waals surface area contributed by atoms with Gasteiger partial charge in [0.25, 0.3) is 5.91 Å². The fraction of sp³-hybridized carbons (Fsp3) is 0.222. The van der Waals surface area contributed by atoms with Crippen LogP contribution in [0, 0.1) is 0 Å². The van der Waals surface area contributed by atoms with Gasteiger partial charge in [-0.2, -0.15) is 0 Å². The van der Waals surface area contributed by atoms with Gasteiger partial charge in [-0.25, -0.2) is 0 Å². The van der Waals surface area contributed by atoms with Gasteiger partial charge in [0.2, 0.25) is 5.91 Å². The Morgan fingerprint density at radius 2 is 1.96 bits per heavy atom. The zero-order valence-corrected chi connectivity index (χ0v) is 14.1. The van der Waals surface area contributed by atoms with E-state index in [2.05, 4.69) is 5.32 Å². The van der Waals surface area contributed by atoms with Gasteiger partial charge in [0.1, 0.15) is 18.3 Å². The number of amides is 2. The Labute approximate surface area is 145 Å². The number of fused-ring (bicyclic) bond motifs is 1. The molecule has 1 aliphatic heterocycles. The second-order valence-electron chi connectivity index (χ2n) is 5.78. The number of nitrogens with zero attached hydrogens (tertiary/aromatic N) is 1. The lowest BCUT2D eigenvalue weighted by Gasteiger charge is -2.14. The maximum atomic E-state index is 12.6. The maximum Gasteiger partial charge on any atom is 0.253 e. The molecule has 1 atom stereocenters. The lowest BCUT2D eigenvalue weighted by atomic mass is 10.0. The van der Waals surface area contributed by atoms with Gasteiger partial charge >= 0.3 is 0 Å². The minimum atomic E-state index is -0.398. The molecule has 2 amide bonds. The number of nitrogens with one attached hydrogen (secondary N) is 1. The molecule has 5 nitrogen and oxygen atoms in total. The number of hydrogen-bond acceptors (Lipinski definition) is 3. The summed E-state index contributed by atoms with van der Waals surface area (Å²) >= 11 is 6.16. The second-order valence-corrected chi connectivity index (χ2v) is 6.19. The third kappa shape index (κ3) is 3.08. The SMILES string of the molecule is CN(C)C(=O)c1ccc(Cl)c(NC(=O)[C@@H]2COc3ccccc32)c1. The first-order chi connectivity index (χ1) is 11.5. The Kier molecular flexibility index (Phi) is 4.44. The molecule has 0 saturated carbocycles. The molecule has 1 N–H and O–H groups in total. The van der Waals surface area contributed by atoms with Crippen molar-refractivity contribution in [3.8, 4) is 5.75 Å². The second kappa shape index (κ2) is 6.53. The molecule has 1 aliphatic rings. The quantitative estimate of drug-likeness (QED) is 0.930. The molecule has 0 radical (unpaired) electrons. The fourth-order valence-electron chi connectivity index (χ4n) is 2.61. The van der Waals surface area contributed by atoms with E-state index in [4.69, 9.17) is 16.3 Å². The van der Waals surface area contributed by atoms with Crippen LogP contribution in [-0.4, -0.2) is 37.4 Å². The standard InChI is InChI=1S/C18H17ClN2O3/c1-21(2)18(23)11-7-8-14(19)15(9-11)20-17(22)13-10-24-16-6-4-3-5-12(13)16/h3-9,13H,10H2,1-2H3,(H,20,22)/t13-/m1/s1. The summed E-state index contributed by atoms with van der Waals surface area (Å²) in [6.45, 7) is 0.291. The highest BCUT2D eigenvalue weighted by Gasteiger charge is 2.30. The Morgan fingerprint density at radius 1 is 1.21 bits per heavy atom. The van der Waals surface area contributed by atoms with Crippen LogP contribution in [0.25, 0.3) is 0 Å². The average Bonchev–Trinajstić information content (AvgIpc) is 3.00. The van der Waals surface area contributed by atoms with Gasteiger partial charge in [-0.15, -0.1) is 0 Å². The molecule has 0 fully saturated rings. The van der Waals surface area contributed by atoms with Crippen LogP contribution in [0.4, 0.5) is 5.69 Å². The molecule has 0 unspecified atom stereocenters. The fourth-order valence-corrected chi connectivity index (χ4v) is 2.78. The van der Waals surface area contributed by atoms with E-state index in [-0.39, 0.29) is 11.8 Å². The molecule has 2 aromatic carbocycles. The maximum absolute atomic E-state index is 12.6. The number of halogens is 1. The molecule has 0 aliphatic carbocycles. The smallest absolute Gasteiger partial charge is 0.253 e. The number of benzene rings is 2. The molecule has 0 bridgehead atoms. The molecule has 2 aromatic rings. The highest BCUT2D eigenvalue weighted by molar-refractivity contribution is 6.34. The van der Waals surface area contributed by atoms with Gasteiger partial charge < -0.3 is 15.0 Å². The number of anilines is 1. The number of para-hydroxylation sites is 1. The van der Waals surface area contributed by atoms with E-state index in [9.17, 15) is 9.59 Å². The summed E-state index contributed by atoms with van der Waals surface area (Å²) in [4.78, 5) is 26.1. The zero-order valence-electron chi connectivity index (χ0n) is 13.4. The van der Waals surface area contributed by atoms with Crippen LogP contribution in [0.1, 0.15) is 21.8 Å². The molecule has 3 rings (SSSR count). The Balaban J connectivity index is 1.83. The van der Waals surface area contributed by atoms with Crippen LogP contribution in [0.3, 0.4) is 0 Å². The van der Waals surface area contributed by atoms with E-state index in [1.54, 1.807) is 32.3 Å². The lowest BCUT2D eigenvalue weighted by molar-refractivity contribution is -0.117. The van der Waals surface area contributed by atoms with E-state index >= 15 is 0 Å². The van der Waals surface area contributed by atoms with E-state index < -0.39 is 5.92 Å². The predicted octanol–water partition coefficient (Wildman–Crippen LogP) is 3.16. The summed E-state index contributed by atoms with van der Waals surface area (Å²) in [7, 11) is 3.34. The van der Waals surface area contributed by atoms with Gasteiger partial charge in [-0.1, -0.05) is 29.8 Å². The lowest BCUT2D eigenvalue weighted by Crippen LogP contribution is -2.24. The molecule has 124 valence electrons. The van der Waals surface area contributed by atoms with Crippen molar-refractivity contribution >= 4 is 29.1 Å². The molecular weight excluding hydrogens is 328 g/mol. The number of hydrogen-bond donors (Lipinski definition) is 1. The highest BCUT2D eigenvalue weighted by Crippen LogP contribution is 2.34. The first-order valence-electron chi connectivity index (χ1n) is 7.51. The van der Waals surface area contributed by atoms with Crippen molar-refractivity contribution in [2.75, 3.05) is 26.0 Å². The van der Waals surface area contributed by atoms with Crippen molar-refractivity contribution in [2.24, 2.45) is 0 Å². The number of carbonyl (C=O) groups excluding carboxylic acids is 2. The van der Waals surface area contributed by atoms with Crippen molar-refractivity contribution in [1.29, 1.82) is 0 Å². The van der Waals surface area contributed by atoms with Crippen LogP contribution in [0.5, 0.6) is 5.75 Å². The van der Waals surface area contributed by atoms with E-state index in [0.717, 1.165) is 11.3 Å². The predicted molar refractivity (Wildman–Crippen MR) is 92.8 cm³/mol. The van der Waals surface area contributed by atoms with E-state index in [1.807, 2.05) is 24.3 Å². The normalized spacial score (nSPS) is 15.4. The van der Waals surface area contributed by atoms with Crippen molar-refractivity contribution in [3.05, 3.63) is 58.6 Å². The van der Waals surface area contributed by atoms with Crippen LogP contribution in [0.15, 0.2) is 42.5 Å². The minimum Gasteiger partial charge on any atom is -0.492 e. The van der Waals surface area contributed by atoms with Gasteiger partial charge in [0.15, 0.2) is 0 Å². The zero-order chi connectivity index (χ0) is 17.3. The van der Waals surface area contributed by atoms with Crippen LogP contribution in [-0.2, 0) is 4.79 Å². The molecule has 24 heavy (non-hydrogen) atoms. The topological polar surface area (TPSA) is 58.6 Å². The third-order valence-electron chi connectivity index (χ3n) is 3.89. The molecular formula is C18H17ClN2O3. The van der Waals surface area contributed by atoms with Gasteiger partial charge in [-0.3, -0.25) is 9.59 Å². The van der Waals surface area contributed by atoms with Crippen LogP contribution in [0.2, 0.25) is 5.02 Å². The first-order valence-corrected chi connectivity index (χ1v) is 7.89. The highest BCUT2D eigenvalue weighted by atomic mass is 35.5. The molecule has 0 saturated heterocycles. The summed E-state index contributed by atoms with van der Waals surface area (Å²) in [6.07, 6.45) is 0. The summed E-state index contributed by atoms with van der Waals surface area (Å²) < 4.78 is 5.54. The average molecular weight is 345 g/mol. The first kappa shape index (κ1) is 16.3. The number of carbonyl (C=O) groups is 2. The Morgan fingerprint density at radius 3 is 2.71 bits per heavy atom. The third-order valence-corrected chi connectivity index (χ3v) is 4.22. The van der Waals surface area contributed by atoms with Crippen molar-refractivity contribution in [2.45, 2.75) is 5.92 Å². The summed E-state index contributed by atoms with van der Waals surface area (Å²) in [5.74, 6) is -0.0428. The summed E-state index contributed by atoms with van der Waals surface area (Å²) in [5, 5.41) is 3.19. The van der Waals surface area contributed by atoms with Crippen molar-refractivity contribution in [3.63, 3.8) is 0 Å². The molecule has 1 heterocycles. The van der Waals surface area contributed by atoms with Crippen LogP contribution >= 0.6 is 11.6 Å². The Hall–Kier alpha value is -2.53. The van der Waals surface area contributed by atoms with Gasteiger partial charge in [-0.05, 0) is 24.3 Å².